The summed E-state index contributed by atoms with van der Waals surface area (Å²) in [5.41, 5.74) is 0.760. The Balaban J connectivity index is 2.15. The smallest absolute Gasteiger partial charge is 0.328 e. The third-order valence-electron chi connectivity index (χ3n) is 3.19. The first kappa shape index (κ1) is 15.7. The summed E-state index contributed by atoms with van der Waals surface area (Å²) in [6.45, 7) is 0. The van der Waals surface area contributed by atoms with Gasteiger partial charge in [-0.25, -0.2) is 9.18 Å². The van der Waals surface area contributed by atoms with Gasteiger partial charge in [-0.1, -0.05) is 42.5 Å². The lowest BCUT2D eigenvalue weighted by Crippen LogP contribution is -2.43. The van der Waals surface area contributed by atoms with Crippen molar-refractivity contribution >= 4 is 11.9 Å². The Morgan fingerprint density at radius 3 is 2.36 bits per heavy atom. The minimum absolute atomic E-state index is 0.107. The van der Waals surface area contributed by atoms with E-state index in [1.165, 1.54) is 25.3 Å². The highest BCUT2D eigenvalue weighted by molar-refractivity contribution is 5.97. The second kappa shape index (κ2) is 7.36. The number of amides is 1. The highest BCUT2D eigenvalue weighted by Gasteiger charge is 2.23. The Morgan fingerprint density at radius 2 is 1.73 bits per heavy atom. The third-order valence-corrected chi connectivity index (χ3v) is 3.19. The standard InChI is InChI=1S/C17H16FNO3/c1-22-17(21)15(11-12-7-3-2-4-8-12)19-16(20)13-9-5-6-10-14(13)18/h2-10,15H,11H2,1H3,(H,19,20)/t15-/m1/s1. The molecule has 4 nitrogen and oxygen atoms in total. The Morgan fingerprint density at radius 1 is 1.09 bits per heavy atom. The molecule has 5 heteroatoms. The Kier molecular flexibility index (Phi) is 5.25. The third kappa shape index (κ3) is 3.91. The van der Waals surface area contributed by atoms with E-state index in [2.05, 4.69) is 5.32 Å². The van der Waals surface area contributed by atoms with E-state index in [9.17, 15) is 14.0 Å². The summed E-state index contributed by atoms with van der Waals surface area (Å²) in [6.07, 6.45) is 0.272. The van der Waals surface area contributed by atoms with Crippen LogP contribution in [0.25, 0.3) is 0 Å². The summed E-state index contributed by atoms with van der Waals surface area (Å²) < 4.78 is 18.3. The van der Waals surface area contributed by atoms with Crippen molar-refractivity contribution in [3.8, 4) is 0 Å². The molecule has 0 saturated carbocycles. The number of hydrogen-bond donors (Lipinski definition) is 1. The van der Waals surface area contributed by atoms with Crippen LogP contribution in [0.4, 0.5) is 4.39 Å². The molecule has 1 atom stereocenters. The van der Waals surface area contributed by atoms with Crippen molar-refractivity contribution < 1.29 is 18.7 Å². The van der Waals surface area contributed by atoms with E-state index in [1.807, 2.05) is 30.3 Å². The van der Waals surface area contributed by atoms with Crippen molar-refractivity contribution in [1.29, 1.82) is 0 Å². The van der Waals surface area contributed by atoms with Gasteiger partial charge in [0.05, 0.1) is 12.7 Å². The number of carbonyl (C=O) groups excluding carboxylic acids is 2. The van der Waals surface area contributed by atoms with Crippen LogP contribution in [0.1, 0.15) is 15.9 Å². The Hall–Kier alpha value is -2.69. The maximum atomic E-state index is 13.6. The van der Waals surface area contributed by atoms with Gasteiger partial charge >= 0.3 is 5.97 Å². The number of benzene rings is 2. The molecule has 114 valence electrons. The molecule has 1 amide bonds. The van der Waals surface area contributed by atoms with Crippen molar-refractivity contribution in [2.45, 2.75) is 12.5 Å². The Labute approximate surface area is 127 Å². The lowest BCUT2D eigenvalue weighted by Gasteiger charge is -2.17. The maximum absolute atomic E-state index is 13.6. The fraction of sp³-hybridized carbons (Fsp3) is 0.176. The van der Waals surface area contributed by atoms with Crippen molar-refractivity contribution in [3.05, 3.63) is 71.5 Å². The summed E-state index contributed by atoms with van der Waals surface area (Å²) in [5, 5.41) is 2.52. The number of carbonyl (C=O) groups is 2. The summed E-state index contributed by atoms with van der Waals surface area (Å²) in [6, 6.07) is 13.9. The highest BCUT2D eigenvalue weighted by atomic mass is 19.1. The number of rotatable bonds is 5. The lowest BCUT2D eigenvalue weighted by molar-refractivity contribution is -0.142. The lowest BCUT2D eigenvalue weighted by atomic mass is 10.1. The van der Waals surface area contributed by atoms with Gasteiger partial charge in [-0.15, -0.1) is 0 Å². The molecule has 0 spiro atoms. The van der Waals surface area contributed by atoms with E-state index >= 15 is 0 Å². The number of halogens is 1. The number of methoxy groups -OCH3 is 1. The second-order valence-corrected chi connectivity index (χ2v) is 4.72. The van der Waals surface area contributed by atoms with E-state index in [0.29, 0.717) is 0 Å². The molecule has 0 saturated heterocycles. The SMILES string of the molecule is COC(=O)[C@@H](Cc1ccccc1)NC(=O)c1ccccc1F. The molecule has 0 aromatic heterocycles. The molecule has 1 N–H and O–H groups in total. The van der Waals surface area contributed by atoms with Crippen LogP contribution in [0.5, 0.6) is 0 Å². The molecular weight excluding hydrogens is 285 g/mol. The zero-order valence-electron chi connectivity index (χ0n) is 12.1. The average molecular weight is 301 g/mol. The van der Waals surface area contributed by atoms with Gasteiger partial charge in [0.15, 0.2) is 0 Å². The van der Waals surface area contributed by atoms with Crippen LogP contribution in [0, 0.1) is 5.82 Å². The maximum Gasteiger partial charge on any atom is 0.328 e. The monoisotopic (exact) mass is 301 g/mol. The molecule has 0 heterocycles. The number of ether oxygens (including phenoxy) is 1. The van der Waals surface area contributed by atoms with Crippen LogP contribution in [-0.2, 0) is 16.0 Å². The van der Waals surface area contributed by atoms with E-state index < -0.39 is 23.7 Å². The molecular formula is C17H16FNO3. The van der Waals surface area contributed by atoms with Gasteiger partial charge in [0.1, 0.15) is 11.9 Å². The van der Waals surface area contributed by atoms with Crippen molar-refractivity contribution in [1.82, 2.24) is 5.32 Å². The number of nitrogens with one attached hydrogen (secondary N) is 1. The van der Waals surface area contributed by atoms with Crippen LogP contribution >= 0.6 is 0 Å². The molecule has 0 aliphatic carbocycles. The van der Waals surface area contributed by atoms with Crippen molar-refractivity contribution in [2.75, 3.05) is 7.11 Å². The predicted molar refractivity (Wildman–Crippen MR) is 79.8 cm³/mol. The van der Waals surface area contributed by atoms with Crippen LogP contribution in [0.3, 0.4) is 0 Å². The van der Waals surface area contributed by atoms with Gasteiger partial charge in [-0.2, -0.15) is 0 Å². The first-order valence-electron chi connectivity index (χ1n) is 6.79. The van der Waals surface area contributed by atoms with Gasteiger partial charge in [0, 0.05) is 6.42 Å². The molecule has 2 aromatic rings. The molecule has 0 bridgehead atoms. The molecule has 0 radical (unpaired) electrons. The predicted octanol–water partition coefficient (Wildman–Crippen LogP) is 2.34. The van der Waals surface area contributed by atoms with Crippen LogP contribution in [0.15, 0.2) is 54.6 Å². The molecule has 0 fully saturated rings. The second-order valence-electron chi connectivity index (χ2n) is 4.72. The van der Waals surface area contributed by atoms with Crippen molar-refractivity contribution in [2.24, 2.45) is 0 Å². The van der Waals surface area contributed by atoms with Crippen molar-refractivity contribution in [3.63, 3.8) is 0 Å². The molecule has 0 unspecified atom stereocenters. The molecule has 2 rings (SSSR count). The van der Waals surface area contributed by atoms with Gasteiger partial charge in [-0.05, 0) is 17.7 Å². The summed E-state index contributed by atoms with van der Waals surface area (Å²) in [5.74, 6) is -1.86. The fourth-order valence-corrected chi connectivity index (χ4v) is 2.07. The quantitative estimate of drug-likeness (QED) is 0.862. The van der Waals surface area contributed by atoms with E-state index in [-0.39, 0.29) is 12.0 Å². The highest BCUT2D eigenvalue weighted by Crippen LogP contribution is 2.09. The minimum Gasteiger partial charge on any atom is -0.467 e. The first-order valence-corrected chi connectivity index (χ1v) is 6.79. The van der Waals surface area contributed by atoms with Gasteiger partial charge in [0.2, 0.25) is 0 Å². The molecule has 22 heavy (non-hydrogen) atoms. The normalized spacial score (nSPS) is 11.5. The van der Waals surface area contributed by atoms with Crippen LogP contribution < -0.4 is 5.32 Å². The zero-order chi connectivity index (χ0) is 15.9. The van der Waals surface area contributed by atoms with Gasteiger partial charge in [-0.3, -0.25) is 4.79 Å². The summed E-state index contributed by atoms with van der Waals surface area (Å²) in [4.78, 5) is 24.0. The average Bonchev–Trinajstić information content (AvgIpc) is 2.54. The van der Waals surface area contributed by atoms with E-state index in [1.54, 1.807) is 6.07 Å². The Bertz CT molecular complexity index is 658. The van der Waals surface area contributed by atoms with Gasteiger partial charge in [0.25, 0.3) is 5.91 Å². The summed E-state index contributed by atoms with van der Waals surface area (Å²) >= 11 is 0. The summed E-state index contributed by atoms with van der Waals surface area (Å²) in [7, 11) is 1.25. The van der Waals surface area contributed by atoms with Crippen LogP contribution in [0.2, 0.25) is 0 Å². The molecule has 0 aliphatic rings. The topological polar surface area (TPSA) is 55.4 Å². The molecule has 0 aliphatic heterocycles. The van der Waals surface area contributed by atoms with E-state index in [4.69, 9.17) is 4.74 Å². The number of esters is 1. The van der Waals surface area contributed by atoms with Crippen LogP contribution in [-0.4, -0.2) is 25.0 Å². The zero-order valence-corrected chi connectivity index (χ0v) is 12.1. The fourth-order valence-electron chi connectivity index (χ4n) is 2.07. The molecule has 2 aromatic carbocycles. The number of hydrogen-bond acceptors (Lipinski definition) is 3. The first-order chi connectivity index (χ1) is 10.6. The minimum atomic E-state index is -0.875. The van der Waals surface area contributed by atoms with E-state index in [0.717, 1.165) is 5.56 Å². The largest absolute Gasteiger partial charge is 0.467 e. The van der Waals surface area contributed by atoms with Gasteiger partial charge < -0.3 is 10.1 Å².